The van der Waals surface area contributed by atoms with Gasteiger partial charge in [0, 0.05) is 7.05 Å². The lowest BCUT2D eigenvalue weighted by Gasteiger charge is -2.23. The fourth-order valence-electron chi connectivity index (χ4n) is 2.99. The summed E-state index contributed by atoms with van der Waals surface area (Å²) in [5.41, 5.74) is 7.49. The SMILES string of the molecule is CN([C@H]1C[C@@H](c2csc3c(N)ncnc23)C[C@@H]1O)S(=O)(=O)O. The molecule has 1 saturated carbocycles. The van der Waals surface area contributed by atoms with Crippen LogP contribution >= 0.6 is 11.3 Å². The van der Waals surface area contributed by atoms with E-state index in [1.165, 1.54) is 24.7 Å². The van der Waals surface area contributed by atoms with Crippen molar-refractivity contribution in [2.45, 2.75) is 30.9 Å². The molecule has 0 unspecified atom stereocenters. The molecule has 3 atom stereocenters. The van der Waals surface area contributed by atoms with Crippen LogP contribution in [0.4, 0.5) is 5.82 Å². The highest BCUT2D eigenvalue weighted by Gasteiger charge is 2.40. The molecule has 0 radical (unpaired) electrons. The summed E-state index contributed by atoms with van der Waals surface area (Å²) in [4.78, 5) is 8.19. The van der Waals surface area contributed by atoms with Gasteiger partial charge in [0.2, 0.25) is 0 Å². The lowest BCUT2D eigenvalue weighted by atomic mass is 9.99. The second-order valence-electron chi connectivity index (χ2n) is 5.42. The summed E-state index contributed by atoms with van der Waals surface area (Å²) in [6.45, 7) is 0. The normalized spacial score (nSPS) is 26.1. The third-order valence-corrected chi connectivity index (χ3v) is 6.18. The van der Waals surface area contributed by atoms with Gasteiger partial charge in [0.25, 0.3) is 0 Å². The van der Waals surface area contributed by atoms with Crippen LogP contribution in [0.15, 0.2) is 11.7 Å². The first-order valence-corrected chi connectivity index (χ1v) is 8.92. The number of nitrogen functional groups attached to an aromatic ring is 1. The number of hydrogen-bond acceptors (Lipinski definition) is 7. The minimum atomic E-state index is -4.33. The first-order chi connectivity index (χ1) is 10.3. The zero-order valence-corrected chi connectivity index (χ0v) is 13.4. The number of fused-ring (bicyclic) bond motifs is 1. The van der Waals surface area contributed by atoms with Crippen LogP contribution in [-0.4, -0.2) is 51.5 Å². The summed E-state index contributed by atoms with van der Waals surface area (Å²) in [7, 11) is -3.07. The topological polar surface area (TPSA) is 130 Å². The van der Waals surface area contributed by atoms with Crippen LogP contribution < -0.4 is 5.73 Å². The van der Waals surface area contributed by atoms with Gasteiger partial charge in [-0.05, 0) is 29.7 Å². The average molecular weight is 344 g/mol. The number of aromatic nitrogens is 2. The maximum absolute atomic E-state index is 11.2. The Hall–Kier alpha value is -1.33. The van der Waals surface area contributed by atoms with Crippen molar-refractivity contribution in [1.82, 2.24) is 14.3 Å². The van der Waals surface area contributed by atoms with Gasteiger partial charge in [0.15, 0.2) is 0 Å². The van der Waals surface area contributed by atoms with Gasteiger partial charge in [-0.1, -0.05) is 0 Å². The van der Waals surface area contributed by atoms with Gasteiger partial charge < -0.3 is 10.8 Å². The van der Waals surface area contributed by atoms with E-state index in [2.05, 4.69) is 9.97 Å². The van der Waals surface area contributed by atoms with Gasteiger partial charge in [0.1, 0.15) is 12.1 Å². The molecule has 0 aliphatic heterocycles. The summed E-state index contributed by atoms with van der Waals surface area (Å²) in [5.74, 6) is 0.360. The average Bonchev–Trinajstić information content (AvgIpc) is 3.01. The number of aliphatic hydroxyl groups is 1. The molecule has 3 rings (SSSR count). The van der Waals surface area contributed by atoms with E-state index in [0.717, 1.165) is 20.1 Å². The lowest BCUT2D eigenvalue weighted by molar-refractivity contribution is 0.118. The number of aliphatic hydroxyl groups excluding tert-OH is 1. The summed E-state index contributed by atoms with van der Waals surface area (Å²) < 4.78 is 33.2. The second kappa shape index (κ2) is 5.39. The molecule has 2 aromatic rings. The molecule has 0 spiro atoms. The molecule has 0 bridgehead atoms. The molecule has 1 aliphatic carbocycles. The molecule has 8 nitrogen and oxygen atoms in total. The number of rotatable bonds is 3. The molecule has 4 N–H and O–H groups in total. The summed E-state index contributed by atoms with van der Waals surface area (Å²) in [6.07, 6.45) is 1.36. The largest absolute Gasteiger partial charge is 0.391 e. The van der Waals surface area contributed by atoms with E-state index in [1.807, 2.05) is 5.38 Å². The number of likely N-dealkylation sites (N-methyl/N-ethyl adjacent to an activating group) is 1. The Morgan fingerprint density at radius 2 is 2.14 bits per heavy atom. The molecular formula is C12H16N4O4S2. The van der Waals surface area contributed by atoms with Gasteiger partial charge in [0.05, 0.1) is 22.4 Å². The van der Waals surface area contributed by atoms with Crippen LogP contribution in [-0.2, 0) is 10.3 Å². The minimum Gasteiger partial charge on any atom is -0.391 e. The number of hydrogen-bond donors (Lipinski definition) is 3. The van der Waals surface area contributed by atoms with Gasteiger partial charge >= 0.3 is 10.3 Å². The zero-order valence-electron chi connectivity index (χ0n) is 11.7. The number of thiophene rings is 1. The van der Waals surface area contributed by atoms with E-state index in [1.54, 1.807) is 0 Å². The van der Waals surface area contributed by atoms with Crippen LogP contribution in [0.3, 0.4) is 0 Å². The van der Waals surface area contributed by atoms with E-state index in [4.69, 9.17) is 10.3 Å². The third-order valence-electron chi connectivity index (χ3n) is 4.18. The monoisotopic (exact) mass is 344 g/mol. The van der Waals surface area contributed by atoms with Crippen LogP contribution in [0.25, 0.3) is 10.2 Å². The van der Waals surface area contributed by atoms with Crippen LogP contribution in [0.5, 0.6) is 0 Å². The van der Waals surface area contributed by atoms with E-state index >= 15 is 0 Å². The Labute approximate surface area is 131 Å². The van der Waals surface area contributed by atoms with Crippen molar-refractivity contribution in [2.24, 2.45) is 0 Å². The quantitative estimate of drug-likeness (QED) is 0.696. The van der Waals surface area contributed by atoms with Crippen molar-refractivity contribution in [2.75, 3.05) is 12.8 Å². The Bertz CT molecular complexity index is 807. The van der Waals surface area contributed by atoms with Crippen molar-refractivity contribution >= 4 is 37.7 Å². The molecule has 1 fully saturated rings. The molecule has 0 aromatic carbocycles. The van der Waals surface area contributed by atoms with Crippen molar-refractivity contribution in [3.05, 3.63) is 17.3 Å². The molecule has 1 aliphatic rings. The number of nitrogens with zero attached hydrogens (tertiary/aromatic N) is 3. The summed E-state index contributed by atoms with van der Waals surface area (Å²) >= 11 is 1.43. The first-order valence-electron chi connectivity index (χ1n) is 6.65. The number of nitrogens with two attached hydrogens (primary N) is 1. The van der Waals surface area contributed by atoms with Gasteiger partial charge in [-0.3, -0.25) is 4.55 Å². The Morgan fingerprint density at radius 1 is 1.41 bits per heavy atom. The zero-order chi connectivity index (χ0) is 16.1. The number of anilines is 1. The predicted octanol–water partition coefficient (Wildman–Crippen LogP) is 0.615. The Balaban J connectivity index is 1.92. The fraction of sp³-hybridized carbons (Fsp3) is 0.500. The molecular weight excluding hydrogens is 328 g/mol. The molecule has 0 saturated heterocycles. The van der Waals surface area contributed by atoms with Crippen LogP contribution in [0, 0.1) is 0 Å². The van der Waals surface area contributed by atoms with E-state index in [9.17, 15) is 13.5 Å². The van der Waals surface area contributed by atoms with Gasteiger partial charge in [-0.15, -0.1) is 11.3 Å². The second-order valence-corrected chi connectivity index (χ2v) is 7.78. The predicted molar refractivity (Wildman–Crippen MR) is 82.9 cm³/mol. The summed E-state index contributed by atoms with van der Waals surface area (Å²) in [5, 5.41) is 12.1. The lowest BCUT2D eigenvalue weighted by Crippen LogP contribution is -2.41. The highest BCUT2D eigenvalue weighted by atomic mass is 32.2. The minimum absolute atomic E-state index is 0.0488. The van der Waals surface area contributed by atoms with E-state index < -0.39 is 22.4 Å². The molecule has 22 heavy (non-hydrogen) atoms. The van der Waals surface area contributed by atoms with E-state index in [0.29, 0.717) is 18.7 Å². The van der Waals surface area contributed by atoms with Gasteiger partial charge in [-0.25, -0.2) is 9.97 Å². The maximum atomic E-state index is 11.2. The third kappa shape index (κ3) is 2.57. The van der Waals surface area contributed by atoms with Gasteiger partial charge in [-0.2, -0.15) is 12.7 Å². The highest BCUT2D eigenvalue weighted by Crippen LogP contribution is 2.42. The Kier molecular flexibility index (Phi) is 3.81. The first kappa shape index (κ1) is 15.6. The summed E-state index contributed by atoms with van der Waals surface area (Å²) in [6, 6.07) is -0.658. The van der Waals surface area contributed by atoms with Crippen LogP contribution in [0.1, 0.15) is 24.3 Å². The standard InChI is InChI=1S/C12H16N4O4S2/c1-16(22(18,19)20)8-2-6(3-9(8)17)7-4-21-11-10(7)14-5-15-12(11)13/h4-6,8-9,17H,2-3H2,1H3,(H2,13,14,15)(H,18,19,20)/t6-,8+,9+/m1/s1. The molecule has 120 valence electrons. The van der Waals surface area contributed by atoms with Crippen molar-refractivity contribution in [1.29, 1.82) is 0 Å². The molecule has 2 heterocycles. The highest BCUT2D eigenvalue weighted by molar-refractivity contribution is 7.83. The smallest absolute Gasteiger partial charge is 0.335 e. The van der Waals surface area contributed by atoms with Crippen molar-refractivity contribution < 1.29 is 18.1 Å². The van der Waals surface area contributed by atoms with Crippen LogP contribution in [0.2, 0.25) is 0 Å². The fourth-order valence-corrected chi connectivity index (χ4v) is 4.56. The molecule has 2 aromatic heterocycles. The molecule has 0 amide bonds. The van der Waals surface area contributed by atoms with Crippen molar-refractivity contribution in [3.63, 3.8) is 0 Å². The van der Waals surface area contributed by atoms with Crippen molar-refractivity contribution in [3.8, 4) is 0 Å². The van der Waals surface area contributed by atoms with E-state index in [-0.39, 0.29) is 5.92 Å². The molecule has 10 heteroatoms. The Morgan fingerprint density at radius 3 is 2.82 bits per heavy atom. The maximum Gasteiger partial charge on any atom is 0.335 e.